The maximum absolute atomic E-state index is 6.26. The van der Waals surface area contributed by atoms with E-state index in [1.807, 2.05) is 0 Å². The Balaban J connectivity index is 2.02. The van der Waals surface area contributed by atoms with Gasteiger partial charge < -0.3 is 10.6 Å². The number of anilines is 1. The van der Waals surface area contributed by atoms with E-state index in [0.29, 0.717) is 12.0 Å². The van der Waals surface area contributed by atoms with E-state index in [9.17, 15) is 0 Å². The molecule has 0 bridgehead atoms. The summed E-state index contributed by atoms with van der Waals surface area (Å²) >= 11 is 0. The van der Waals surface area contributed by atoms with Crippen LogP contribution in [-0.2, 0) is 0 Å². The number of rotatable bonds is 4. The highest BCUT2D eigenvalue weighted by atomic mass is 15.1. The molecule has 2 unspecified atom stereocenters. The molecule has 0 aliphatic heterocycles. The first-order chi connectivity index (χ1) is 8.70. The number of nitrogens with zero attached hydrogens (tertiary/aromatic N) is 1. The van der Waals surface area contributed by atoms with Crippen molar-refractivity contribution in [2.24, 2.45) is 11.7 Å². The second kappa shape index (κ2) is 6.24. The largest absolute Gasteiger partial charge is 0.371 e. The third-order valence-electron chi connectivity index (χ3n) is 4.20. The van der Waals surface area contributed by atoms with Gasteiger partial charge >= 0.3 is 0 Å². The van der Waals surface area contributed by atoms with Crippen molar-refractivity contribution in [2.75, 3.05) is 18.0 Å². The molecule has 0 aromatic heterocycles. The predicted octanol–water partition coefficient (Wildman–Crippen LogP) is 3.34. The van der Waals surface area contributed by atoms with E-state index < -0.39 is 0 Å². The van der Waals surface area contributed by atoms with E-state index in [1.54, 1.807) is 0 Å². The molecule has 1 saturated carbocycles. The molecule has 1 aliphatic rings. The van der Waals surface area contributed by atoms with Gasteiger partial charge in [-0.3, -0.25) is 0 Å². The van der Waals surface area contributed by atoms with Crippen molar-refractivity contribution < 1.29 is 0 Å². The van der Waals surface area contributed by atoms with Gasteiger partial charge in [0.2, 0.25) is 0 Å². The van der Waals surface area contributed by atoms with Crippen LogP contribution < -0.4 is 10.6 Å². The van der Waals surface area contributed by atoms with Gasteiger partial charge in [-0.15, -0.1) is 0 Å². The number of benzene rings is 1. The summed E-state index contributed by atoms with van der Waals surface area (Å²) in [4.78, 5) is 2.47. The monoisotopic (exact) mass is 246 g/mol. The summed E-state index contributed by atoms with van der Waals surface area (Å²) in [6.07, 6.45) is 5.16. The molecule has 0 heterocycles. The second-order valence-electron chi connectivity index (χ2n) is 5.58. The normalized spacial score (nSPS) is 23.9. The molecular formula is C16H26N2. The van der Waals surface area contributed by atoms with Gasteiger partial charge in [-0.2, -0.15) is 0 Å². The number of nitrogens with two attached hydrogens (primary N) is 1. The summed E-state index contributed by atoms with van der Waals surface area (Å²) in [5.74, 6) is 0.667. The van der Waals surface area contributed by atoms with Crippen LogP contribution in [0.25, 0.3) is 0 Å². The predicted molar refractivity (Wildman–Crippen MR) is 79.0 cm³/mol. The average molecular weight is 246 g/mol. The van der Waals surface area contributed by atoms with Gasteiger partial charge in [-0.25, -0.2) is 0 Å². The SMILES string of the molecule is CCN(CC1CCCCC1N)c1ccc(C)cc1. The summed E-state index contributed by atoms with van der Waals surface area (Å²) in [6.45, 7) is 6.54. The fourth-order valence-electron chi connectivity index (χ4n) is 2.92. The first kappa shape index (κ1) is 13.4. The molecule has 100 valence electrons. The average Bonchev–Trinajstić information content (AvgIpc) is 2.39. The molecule has 1 aromatic carbocycles. The molecule has 1 aromatic rings. The lowest BCUT2D eigenvalue weighted by Crippen LogP contribution is -2.41. The Morgan fingerprint density at radius 1 is 1.17 bits per heavy atom. The minimum Gasteiger partial charge on any atom is -0.371 e. The summed E-state index contributed by atoms with van der Waals surface area (Å²) in [6, 6.07) is 9.25. The fourth-order valence-corrected chi connectivity index (χ4v) is 2.92. The van der Waals surface area contributed by atoms with Crippen LogP contribution in [0.15, 0.2) is 24.3 Å². The van der Waals surface area contributed by atoms with E-state index in [2.05, 4.69) is 43.0 Å². The zero-order chi connectivity index (χ0) is 13.0. The highest BCUT2D eigenvalue weighted by Crippen LogP contribution is 2.26. The maximum Gasteiger partial charge on any atom is 0.0366 e. The highest BCUT2D eigenvalue weighted by Gasteiger charge is 2.23. The van der Waals surface area contributed by atoms with Crippen LogP contribution in [0.3, 0.4) is 0 Å². The highest BCUT2D eigenvalue weighted by molar-refractivity contribution is 5.47. The first-order valence-corrected chi connectivity index (χ1v) is 7.28. The Bertz CT molecular complexity index is 358. The molecule has 2 rings (SSSR count). The van der Waals surface area contributed by atoms with Crippen LogP contribution in [0.1, 0.15) is 38.2 Å². The van der Waals surface area contributed by atoms with Gasteiger partial charge in [0.05, 0.1) is 0 Å². The Hall–Kier alpha value is -1.02. The Labute approximate surface area is 111 Å². The van der Waals surface area contributed by atoms with Crippen LogP contribution in [-0.4, -0.2) is 19.1 Å². The Kier molecular flexibility index (Phi) is 4.65. The van der Waals surface area contributed by atoms with Crippen molar-refractivity contribution in [3.05, 3.63) is 29.8 Å². The molecule has 1 aliphatic carbocycles. The van der Waals surface area contributed by atoms with E-state index in [0.717, 1.165) is 13.1 Å². The number of aryl methyl sites for hydroxylation is 1. The van der Waals surface area contributed by atoms with Crippen molar-refractivity contribution in [3.8, 4) is 0 Å². The van der Waals surface area contributed by atoms with Crippen LogP contribution in [0, 0.1) is 12.8 Å². The van der Waals surface area contributed by atoms with Crippen LogP contribution >= 0.6 is 0 Å². The van der Waals surface area contributed by atoms with Crippen molar-refractivity contribution in [3.63, 3.8) is 0 Å². The molecule has 2 heteroatoms. The van der Waals surface area contributed by atoms with Crippen molar-refractivity contribution in [1.82, 2.24) is 0 Å². The molecule has 2 nitrogen and oxygen atoms in total. The molecule has 0 spiro atoms. The molecule has 2 N–H and O–H groups in total. The topological polar surface area (TPSA) is 29.3 Å². The summed E-state index contributed by atoms with van der Waals surface area (Å²) < 4.78 is 0. The summed E-state index contributed by atoms with van der Waals surface area (Å²) in [7, 11) is 0. The van der Waals surface area contributed by atoms with E-state index in [4.69, 9.17) is 5.73 Å². The smallest absolute Gasteiger partial charge is 0.0366 e. The van der Waals surface area contributed by atoms with Crippen molar-refractivity contribution in [2.45, 2.75) is 45.6 Å². The first-order valence-electron chi connectivity index (χ1n) is 7.28. The molecule has 2 atom stereocenters. The third-order valence-corrected chi connectivity index (χ3v) is 4.20. The lowest BCUT2D eigenvalue weighted by Gasteiger charge is -2.34. The quantitative estimate of drug-likeness (QED) is 0.883. The van der Waals surface area contributed by atoms with Crippen LogP contribution in [0.2, 0.25) is 0 Å². The van der Waals surface area contributed by atoms with Gasteiger partial charge in [-0.1, -0.05) is 30.5 Å². The molecular weight excluding hydrogens is 220 g/mol. The van der Waals surface area contributed by atoms with E-state index in [-0.39, 0.29) is 0 Å². The van der Waals surface area contributed by atoms with Gasteiger partial charge in [0.1, 0.15) is 0 Å². The second-order valence-corrected chi connectivity index (χ2v) is 5.58. The number of hydrogen-bond donors (Lipinski definition) is 1. The molecule has 0 radical (unpaired) electrons. The zero-order valence-corrected chi connectivity index (χ0v) is 11.7. The summed E-state index contributed by atoms with van der Waals surface area (Å²) in [5, 5.41) is 0. The summed E-state index contributed by atoms with van der Waals surface area (Å²) in [5.41, 5.74) is 8.91. The Morgan fingerprint density at radius 2 is 1.83 bits per heavy atom. The molecule has 0 saturated heterocycles. The van der Waals surface area contributed by atoms with Crippen LogP contribution in [0.4, 0.5) is 5.69 Å². The van der Waals surface area contributed by atoms with E-state index in [1.165, 1.54) is 36.9 Å². The fraction of sp³-hybridized carbons (Fsp3) is 0.625. The molecule has 18 heavy (non-hydrogen) atoms. The van der Waals surface area contributed by atoms with Gasteiger partial charge in [0.15, 0.2) is 0 Å². The van der Waals surface area contributed by atoms with Gasteiger partial charge in [-0.05, 0) is 44.7 Å². The molecule has 0 amide bonds. The standard InChI is InChI=1S/C16H26N2/c1-3-18(15-10-8-13(2)9-11-15)12-14-6-4-5-7-16(14)17/h8-11,14,16H,3-7,12,17H2,1-2H3. The maximum atomic E-state index is 6.26. The van der Waals surface area contributed by atoms with Crippen molar-refractivity contribution >= 4 is 5.69 Å². The van der Waals surface area contributed by atoms with Gasteiger partial charge in [0, 0.05) is 24.8 Å². The van der Waals surface area contributed by atoms with Gasteiger partial charge in [0.25, 0.3) is 0 Å². The Morgan fingerprint density at radius 3 is 2.44 bits per heavy atom. The van der Waals surface area contributed by atoms with Crippen LogP contribution in [0.5, 0.6) is 0 Å². The zero-order valence-electron chi connectivity index (χ0n) is 11.7. The lowest BCUT2D eigenvalue weighted by atomic mass is 9.84. The lowest BCUT2D eigenvalue weighted by molar-refractivity contribution is 0.310. The van der Waals surface area contributed by atoms with E-state index >= 15 is 0 Å². The number of hydrogen-bond acceptors (Lipinski definition) is 2. The van der Waals surface area contributed by atoms with Crippen molar-refractivity contribution in [1.29, 1.82) is 0 Å². The third kappa shape index (κ3) is 3.26. The minimum absolute atomic E-state index is 0.401. The molecule has 1 fully saturated rings. The minimum atomic E-state index is 0.401.